The molecular formula is C20H20F2N2O4. The summed E-state index contributed by atoms with van der Waals surface area (Å²) in [4.78, 5) is 22.9. The topological polar surface area (TPSA) is 76.7 Å². The molecule has 2 aromatic carbocycles. The first kappa shape index (κ1) is 20.9. The van der Waals surface area contributed by atoms with Gasteiger partial charge in [-0.3, -0.25) is 9.59 Å². The molecule has 0 atom stereocenters. The number of carbonyl (C=O) groups is 2. The molecule has 0 radical (unpaired) electrons. The van der Waals surface area contributed by atoms with Gasteiger partial charge in [0.15, 0.2) is 11.5 Å². The number of hydrogen-bond acceptors (Lipinski definition) is 4. The predicted molar refractivity (Wildman–Crippen MR) is 101 cm³/mol. The van der Waals surface area contributed by atoms with Crippen LogP contribution in [0.2, 0.25) is 0 Å². The summed E-state index contributed by atoms with van der Waals surface area (Å²) in [5, 5.41) is 5.39. The van der Waals surface area contributed by atoms with Gasteiger partial charge in [-0.05, 0) is 41.5 Å². The Labute approximate surface area is 161 Å². The molecule has 0 spiro atoms. The molecular weight excluding hydrogens is 370 g/mol. The number of methoxy groups -OCH3 is 1. The molecule has 0 aromatic heterocycles. The zero-order valence-corrected chi connectivity index (χ0v) is 15.4. The highest BCUT2D eigenvalue weighted by atomic mass is 19.3. The predicted octanol–water partition coefficient (Wildman–Crippen LogP) is 3.58. The van der Waals surface area contributed by atoms with Gasteiger partial charge < -0.3 is 20.1 Å². The number of nitrogens with one attached hydrogen (secondary N) is 2. The Bertz CT molecular complexity index is 852. The first-order valence-corrected chi connectivity index (χ1v) is 8.32. The maximum absolute atomic E-state index is 12.3. The Morgan fingerprint density at radius 1 is 1.11 bits per heavy atom. The minimum Gasteiger partial charge on any atom is -0.493 e. The fourth-order valence-electron chi connectivity index (χ4n) is 2.31. The van der Waals surface area contributed by atoms with Crippen molar-refractivity contribution in [1.29, 1.82) is 0 Å². The Morgan fingerprint density at radius 2 is 1.82 bits per heavy atom. The number of halogens is 2. The normalized spacial score (nSPS) is 10.8. The van der Waals surface area contributed by atoms with Crippen LogP contribution in [0, 0.1) is 0 Å². The number of carbonyl (C=O) groups excluding carboxylic acids is 2. The van der Waals surface area contributed by atoms with Crippen LogP contribution in [-0.4, -0.2) is 25.5 Å². The number of benzene rings is 2. The van der Waals surface area contributed by atoms with Crippen LogP contribution in [0.5, 0.6) is 11.5 Å². The third-order valence-corrected chi connectivity index (χ3v) is 3.57. The summed E-state index contributed by atoms with van der Waals surface area (Å²) >= 11 is 0. The van der Waals surface area contributed by atoms with E-state index in [1.807, 2.05) is 0 Å². The van der Waals surface area contributed by atoms with Crippen LogP contribution < -0.4 is 20.1 Å². The first-order chi connectivity index (χ1) is 13.4. The Balaban J connectivity index is 1.91. The average Bonchev–Trinajstić information content (AvgIpc) is 2.65. The second-order valence-electron chi connectivity index (χ2n) is 5.72. The van der Waals surface area contributed by atoms with Gasteiger partial charge in [0.25, 0.3) is 0 Å². The van der Waals surface area contributed by atoms with E-state index in [2.05, 4.69) is 15.4 Å². The summed E-state index contributed by atoms with van der Waals surface area (Å²) in [6, 6.07) is 11.4. The lowest BCUT2D eigenvalue weighted by Gasteiger charge is -2.10. The monoisotopic (exact) mass is 390 g/mol. The molecule has 2 N–H and O–H groups in total. The lowest BCUT2D eigenvalue weighted by Crippen LogP contribution is -2.20. The highest BCUT2D eigenvalue weighted by molar-refractivity contribution is 5.91. The number of alkyl halides is 2. The van der Waals surface area contributed by atoms with Gasteiger partial charge in [-0.1, -0.05) is 18.2 Å². The van der Waals surface area contributed by atoms with E-state index in [1.54, 1.807) is 24.3 Å². The largest absolute Gasteiger partial charge is 0.493 e. The minimum atomic E-state index is -2.95. The molecule has 0 saturated heterocycles. The van der Waals surface area contributed by atoms with E-state index in [-0.39, 0.29) is 23.3 Å². The standard InChI is InChI=1S/C20H20F2N2O4/c1-13(25)24-16-7-3-15(4-8-16)12-23-19(26)10-6-14-5-9-17(28-20(21)22)18(11-14)27-2/h3-11,20H,12H2,1-2H3,(H,23,26)(H,24,25)/b10-6+. The zero-order chi connectivity index (χ0) is 20.5. The molecule has 0 unspecified atom stereocenters. The number of hydrogen-bond donors (Lipinski definition) is 2. The third kappa shape index (κ3) is 6.71. The van der Waals surface area contributed by atoms with Gasteiger partial charge in [-0.25, -0.2) is 0 Å². The van der Waals surface area contributed by atoms with E-state index < -0.39 is 6.61 Å². The zero-order valence-electron chi connectivity index (χ0n) is 15.4. The number of amides is 2. The maximum atomic E-state index is 12.3. The van der Waals surface area contributed by atoms with Crippen molar-refractivity contribution in [3.05, 3.63) is 59.7 Å². The van der Waals surface area contributed by atoms with Crippen molar-refractivity contribution >= 4 is 23.6 Å². The van der Waals surface area contributed by atoms with Crippen molar-refractivity contribution in [2.45, 2.75) is 20.1 Å². The van der Waals surface area contributed by atoms with Gasteiger partial charge in [0.2, 0.25) is 11.8 Å². The van der Waals surface area contributed by atoms with Crippen molar-refractivity contribution in [2.24, 2.45) is 0 Å². The van der Waals surface area contributed by atoms with Crippen LogP contribution in [0.15, 0.2) is 48.5 Å². The van der Waals surface area contributed by atoms with E-state index >= 15 is 0 Å². The van der Waals surface area contributed by atoms with E-state index in [1.165, 1.54) is 44.4 Å². The first-order valence-electron chi connectivity index (χ1n) is 8.32. The molecule has 2 aromatic rings. The third-order valence-electron chi connectivity index (χ3n) is 3.57. The smallest absolute Gasteiger partial charge is 0.387 e. The fraction of sp³-hybridized carbons (Fsp3) is 0.200. The fourth-order valence-corrected chi connectivity index (χ4v) is 2.31. The lowest BCUT2D eigenvalue weighted by molar-refractivity contribution is -0.116. The van der Waals surface area contributed by atoms with E-state index in [4.69, 9.17) is 4.74 Å². The number of anilines is 1. The van der Waals surface area contributed by atoms with Crippen molar-refractivity contribution in [3.8, 4) is 11.5 Å². The van der Waals surface area contributed by atoms with Crippen LogP contribution in [-0.2, 0) is 16.1 Å². The van der Waals surface area contributed by atoms with Gasteiger partial charge in [0, 0.05) is 25.2 Å². The molecule has 2 rings (SSSR count). The molecule has 148 valence electrons. The lowest BCUT2D eigenvalue weighted by atomic mass is 10.2. The molecule has 2 amide bonds. The van der Waals surface area contributed by atoms with Gasteiger partial charge in [-0.2, -0.15) is 8.78 Å². The molecule has 8 heteroatoms. The van der Waals surface area contributed by atoms with Crippen molar-refractivity contribution in [3.63, 3.8) is 0 Å². The SMILES string of the molecule is COc1cc(/C=C/C(=O)NCc2ccc(NC(C)=O)cc2)ccc1OC(F)F. The summed E-state index contributed by atoms with van der Waals surface area (Å²) in [5.41, 5.74) is 2.13. The van der Waals surface area contributed by atoms with Crippen LogP contribution in [0.4, 0.5) is 14.5 Å². The Hall–Kier alpha value is -3.42. The van der Waals surface area contributed by atoms with Crippen molar-refractivity contribution in [2.75, 3.05) is 12.4 Å². The van der Waals surface area contributed by atoms with Crippen molar-refractivity contribution < 1.29 is 27.8 Å². The maximum Gasteiger partial charge on any atom is 0.387 e. The molecule has 0 aliphatic heterocycles. The molecule has 0 heterocycles. The quantitative estimate of drug-likeness (QED) is 0.676. The van der Waals surface area contributed by atoms with Crippen LogP contribution in [0.3, 0.4) is 0 Å². The summed E-state index contributed by atoms with van der Waals surface area (Å²) < 4.78 is 34.0. The van der Waals surface area contributed by atoms with Gasteiger partial charge in [-0.15, -0.1) is 0 Å². The average molecular weight is 390 g/mol. The van der Waals surface area contributed by atoms with E-state index in [9.17, 15) is 18.4 Å². The highest BCUT2D eigenvalue weighted by Gasteiger charge is 2.10. The summed E-state index contributed by atoms with van der Waals surface area (Å²) in [5.74, 6) is -0.418. The second-order valence-corrected chi connectivity index (χ2v) is 5.72. The molecule has 0 aliphatic rings. The number of ether oxygens (including phenoxy) is 2. The molecule has 0 aliphatic carbocycles. The highest BCUT2D eigenvalue weighted by Crippen LogP contribution is 2.29. The van der Waals surface area contributed by atoms with Crippen molar-refractivity contribution in [1.82, 2.24) is 5.32 Å². The summed E-state index contributed by atoms with van der Waals surface area (Å²) in [6.07, 6.45) is 2.86. The summed E-state index contributed by atoms with van der Waals surface area (Å²) in [6.45, 7) is -1.21. The second kappa shape index (κ2) is 10.1. The van der Waals surface area contributed by atoms with Crippen LogP contribution in [0.1, 0.15) is 18.1 Å². The molecule has 28 heavy (non-hydrogen) atoms. The molecule has 0 bridgehead atoms. The van der Waals surface area contributed by atoms with Gasteiger partial charge in [0.05, 0.1) is 7.11 Å². The minimum absolute atomic E-state index is 0.0817. The van der Waals surface area contributed by atoms with Gasteiger partial charge >= 0.3 is 6.61 Å². The van der Waals surface area contributed by atoms with E-state index in [0.717, 1.165) is 5.56 Å². The van der Waals surface area contributed by atoms with E-state index in [0.29, 0.717) is 17.8 Å². The van der Waals surface area contributed by atoms with Crippen LogP contribution >= 0.6 is 0 Å². The molecule has 6 nitrogen and oxygen atoms in total. The number of rotatable bonds is 8. The molecule has 0 fully saturated rings. The summed E-state index contributed by atoms with van der Waals surface area (Å²) in [7, 11) is 1.34. The Kier molecular flexibility index (Phi) is 7.50. The van der Waals surface area contributed by atoms with Crippen LogP contribution in [0.25, 0.3) is 6.08 Å². The van der Waals surface area contributed by atoms with Gasteiger partial charge in [0.1, 0.15) is 0 Å². The molecule has 0 saturated carbocycles. The Morgan fingerprint density at radius 3 is 2.43 bits per heavy atom.